The minimum Gasteiger partial charge on any atom is -0.478 e. The lowest BCUT2D eigenvalue weighted by Crippen LogP contribution is -2.54. The SMILES string of the molecule is Cc1cccc(N2C(=O)/C(=C/c3cc(C)n(-c4ccc(Cl)c(C(=O)O)c4)c3C)C(=O)NC2=S)c1C. The van der Waals surface area contributed by atoms with Crippen molar-refractivity contribution in [3.63, 3.8) is 0 Å². The van der Waals surface area contributed by atoms with Crippen molar-refractivity contribution in [2.75, 3.05) is 4.90 Å². The molecule has 0 saturated carbocycles. The van der Waals surface area contributed by atoms with Gasteiger partial charge in [0, 0.05) is 17.1 Å². The van der Waals surface area contributed by atoms with Crippen molar-refractivity contribution >= 4 is 58.5 Å². The molecule has 7 nitrogen and oxygen atoms in total. The second-order valence-corrected chi connectivity index (χ2v) is 9.10. The average Bonchev–Trinajstić information content (AvgIpc) is 3.07. The van der Waals surface area contributed by atoms with E-state index in [2.05, 4.69) is 5.32 Å². The van der Waals surface area contributed by atoms with Crippen LogP contribution < -0.4 is 10.2 Å². The van der Waals surface area contributed by atoms with Crippen LogP contribution in [-0.2, 0) is 9.59 Å². The number of aromatic carboxylic acids is 1. The number of rotatable bonds is 4. The molecule has 0 spiro atoms. The molecule has 1 aliphatic rings. The third-order valence-corrected chi connectivity index (χ3v) is 6.74. The average molecular weight is 508 g/mol. The number of aromatic nitrogens is 1. The Morgan fingerprint density at radius 3 is 2.49 bits per heavy atom. The fourth-order valence-corrected chi connectivity index (χ4v) is 4.63. The Balaban J connectivity index is 1.80. The number of nitrogens with one attached hydrogen (secondary N) is 1. The summed E-state index contributed by atoms with van der Waals surface area (Å²) in [6, 6.07) is 12.1. The molecule has 2 aromatic carbocycles. The Morgan fingerprint density at radius 1 is 1.09 bits per heavy atom. The fourth-order valence-electron chi connectivity index (χ4n) is 4.16. The predicted octanol–water partition coefficient (Wildman–Crippen LogP) is 4.89. The van der Waals surface area contributed by atoms with Crippen molar-refractivity contribution in [3.05, 3.63) is 86.7 Å². The molecule has 1 saturated heterocycles. The molecule has 2 heterocycles. The highest BCUT2D eigenvalue weighted by atomic mass is 35.5. The highest BCUT2D eigenvalue weighted by molar-refractivity contribution is 7.80. The van der Waals surface area contributed by atoms with Gasteiger partial charge in [0.15, 0.2) is 5.11 Å². The molecule has 1 aromatic heterocycles. The monoisotopic (exact) mass is 507 g/mol. The summed E-state index contributed by atoms with van der Waals surface area (Å²) >= 11 is 11.3. The number of carbonyl (C=O) groups is 3. The summed E-state index contributed by atoms with van der Waals surface area (Å²) in [6.45, 7) is 7.51. The maximum Gasteiger partial charge on any atom is 0.337 e. The zero-order valence-electron chi connectivity index (χ0n) is 19.5. The summed E-state index contributed by atoms with van der Waals surface area (Å²) in [6.07, 6.45) is 1.53. The van der Waals surface area contributed by atoms with Crippen LogP contribution >= 0.6 is 23.8 Å². The topological polar surface area (TPSA) is 91.6 Å². The van der Waals surface area contributed by atoms with Gasteiger partial charge in [0.2, 0.25) is 0 Å². The van der Waals surface area contributed by atoms with Gasteiger partial charge in [0.05, 0.1) is 16.3 Å². The zero-order chi connectivity index (χ0) is 25.6. The number of hydrogen-bond acceptors (Lipinski definition) is 4. The minimum absolute atomic E-state index is 0.0175. The van der Waals surface area contributed by atoms with Crippen molar-refractivity contribution in [1.29, 1.82) is 0 Å². The van der Waals surface area contributed by atoms with Gasteiger partial charge >= 0.3 is 5.97 Å². The number of hydrogen-bond donors (Lipinski definition) is 2. The second kappa shape index (κ2) is 9.13. The van der Waals surface area contributed by atoms with E-state index >= 15 is 0 Å². The van der Waals surface area contributed by atoms with E-state index in [1.54, 1.807) is 12.1 Å². The van der Waals surface area contributed by atoms with E-state index in [1.165, 1.54) is 23.1 Å². The van der Waals surface area contributed by atoms with E-state index in [1.807, 2.05) is 50.5 Å². The quantitative estimate of drug-likeness (QED) is 0.298. The first-order valence-corrected chi connectivity index (χ1v) is 11.5. The lowest BCUT2D eigenvalue weighted by molar-refractivity contribution is -0.122. The van der Waals surface area contributed by atoms with Gasteiger partial charge in [-0.05, 0) is 93.0 Å². The number of benzene rings is 2. The van der Waals surface area contributed by atoms with Crippen LogP contribution in [-0.4, -0.2) is 32.6 Å². The molecule has 1 fully saturated rings. The molecule has 0 unspecified atom stereocenters. The van der Waals surface area contributed by atoms with Crippen LogP contribution in [0.25, 0.3) is 11.8 Å². The van der Waals surface area contributed by atoms with Gasteiger partial charge in [-0.1, -0.05) is 23.7 Å². The summed E-state index contributed by atoms with van der Waals surface area (Å²) in [7, 11) is 0. The van der Waals surface area contributed by atoms with Crippen molar-refractivity contribution in [3.8, 4) is 5.69 Å². The molecule has 0 bridgehead atoms. The molecule has 4 rings (SSSR count). The van der Waals surface area contributed by atoms with Gasteiger partial charge in [-0.25, -0.2) is 4.79 Å². The van der Waals surface area contributed by atoms with E-state index in [-0.39, 0.29) is 21.3 Å². The van der Waals surface area contributed by atoms with Crippen LogP contribution in [0.5, 0.6) is 0 Å². The molecule has 35 heavy (non-hydrogen) atoms. The Bertz CT molecular complexity index is 1470. The number of carbonyl (C=O) groups excluding carboxylic acids is 2. The maximum absolute atomic E-state index is 13.5. The maximum atomic E-state index is 13.5. The number of halogens is 1. The lowest BCUT2D eigenvalue weighted by Gasteiger charge is -2.30. The van der Waals surface area contributed by atoms with Crippen LogP contribution in [0.1, 0.15) is 38.4 Å². The van der Waals surface area contributed by atoms with Crippen LogP contribution in [0.3, 0.4) is 0 Å². The molecular formula is C26H22ClN3O4S. The second-order valence-electron chi connectivity index (χ2n) is 8.31. The Labute approximate surface area is 212 Å². The van der Waals surface area contributed by atoms with Crippen LogP contribution in [0.4, 0.5) is 5.69 Å². The van der Waals surface area contributed by atoms with Gasteiger partial charge < -0.3 is 9.67 Å². The molecule has 2 amide bonds. The molecule has 3 aromatic rings. The largest absolute Gasteiger partial charge is 0.478 e. The third-order valence-electron chi connectivity index (χ3n) is 6.13. The first kappa shape index (κ1) is 24.4. The van der Waals surface area contributed by atoms with Gasteiger partial charge in [-0.2, -0.15) is 0 Å². The molecule has 178 valence electrons. The summed E-state index contributed by atoms with van der Waals surface area (Å²) in [4.78, 5) is 39.1. The highest BCUT2D eigenvalue weighted by Crippen LogP contribution is 2.29. The van der Waals surface area contributed by atoms with Crippen molar-refractivity contribution < 1.29 is 19.5 Å². The first-order valence-electron chi connectivity index (χ1n) is 10.7. The molecular weight excluding hydrogens is 486 g/mol. The number of aryl methyl sites for hydroxylation is 2. The van der Waals surface area contributed by atoms with Gasteiger partial charge in [0.25, 0.3) is 11.8 Å². The number of amides is 2. The standard InChI is InChI=1S/C26H22ClN3O4S/c1-13-6-5-7-22(15(13)3)30-24(32)20(23(31)28-26(30)35)11-17-10-14(2)29(16(17)4)18-8-9-21(27)19(12-18)25(33)34/h5-12H,1-4H3,(H,33,34)(H,28,31,35)/b20-11+. The van der Waals surface area contributed by atoms with Gasteiger partial charge in [-0.15, -0.1) is 0 Å². The molecule has 9 heteroatoms. The number of nitrogens with zero attached hydrogens (tertiary/aromatic N) is 2. The van der Waals surface area contributed by atoms with E-state index in [0.29, 0.717) is 16.9 Å². The number of carboxylic acids is 1. The van der Waals surface area contributed by atoms with Crippen molar-refractivity contribution in [2.45, 2.75) is 27.7 Å². The normalized spacial score (nSPS) is 15.1. The molecule has 0 aliphatic carbocycles. The van der Waals surface area contributed by atoms with Crippen LogP contribution in [0, 0.1) is 27.7 Å². The molecule has 0 atom stereocenters. The van der Waals surface area contributed by atoms with E-state index < -0.39 is 17.8 Å². The Morgan fingerprint density at radius 2 is 1.80 bits per heavy atom. The summed E-state index contributed by atoms with van der Waals surface area (Å²) in [5, 5.41) is 12.2. The molecule has 2 N–H and O–H groups in total. The van der Waals surface area contributed by atoms with E-state index in [4.69, 9.17) is 23.8 Å². The highest BCUT2D eigenvalue weighted by Gasteiger charge is 2.35. The summed E-state index contributed by atoms with van der Waals surface area (Å²) in [5.74, 6) is -2.23. The summed E-state index contributed by atoms with van der Waals surface area (Å²) in [5.41, 5.74) is 5.17. The third kappa shape index (κ3) is 4.26. The molecule has 1 aliphatic heterocycles. The number of anilines is 1. The summed E-state index contributed by atoms with van der Waals surface area (Å²) < 4.78 is 1.84. The fraction of sp³-hybridized carbons (Fsp3) is 0.154. The van der Waals surface area contributed by atoms with Gasteiger partial charge in [0.1, 0.15) is 5.57 Å². The lowest BCUT2D eigenvalue weighted by atomic mass is 10.0. The smallest absolute Gasteiger partial charge is 0.337 e. The van der Waals surface area contributed by atoms with Crippen LogP contribution in [0.15, 0.2) is 48.0 Å². The first-order chi connectivity index (χ1) is 16.5. The van der Waals surface area contributed by atoms with E-state index in [9.17, 15) is 19.5 Å². The predicted molar refractivity (Wildman–Crippen MR) is 139 cm³/mol. The number of carboxylic acid groups (broad SMARTS) is 1. The minimum atomic E-state index is -1.13. The van der Waals surface area contributed by atoms with E-state index in [0.717, 1.165) is 22.5 Å². The Hall–Kier alpha value is -3.75. The van der Waals surface area contributed by atoms with Crippen molar-refractivity contribution in [2.24, 2.45) is 0 Å². The Kier molecular flexibility index (Phi) is 6.36. The number of thiocarbonyl (C=S) groups is 1. The van der Waals surface area contributed by atoms with Crippen LogP contribution in [0.2, 0.25) is 5.02 Å². The van der Waals surface area contributed by atoms with Gasteiger partial charge in [-0.3, -0.25) is 19.8 Å². The zero-order valence-corrected chi connectivity index (χ0v) is 21.0. The van der Waals surface area contributed by atoms with Crippen molar-refractivity contribution in [1.82, 2.24) is 9.88 Å². The molecule has 0 radical (unpaired) electrons.